The van der Waals surface area contributed by atoms with Crippen LogP contribution in [-0.4, -0.2) is 119 Å². The Kier molecular flexibility index (Phi) is 6.80. The van der Waals surface area contributed by atoms with Crippen LogP contribution >= 0.6 is 0 Å². The molecular weight excluding hydrogens is 442 g/mol. The van der Waals surface area contributed by atoms with Crippen molar-refractivity contribution in [2.45, 2.75) is 50.5 Å². The predicted molar refractivity (Wildman–Crippen MR) is 122 cm³/mol. The number of aliphatic hydroxyl groups is 1. The van der Waals surface area contributed by atoms with Crippen molar-refractivity contribution in [1.82, 2.24) is 14.7 Å². The van der Waals surface area contributed by atoms with Crippen LogP contribution in [0.2, 0.25) is 0 Å². The molecule has 0 aromatic rings. The summed E-state index contributed by atoms with van der Waals surface area (Å²) >= 11 is 0. The maximum absolute atomic E-state index is 14.1. The van der Waals surface area contributed by atoms with Gasteiger partial charge in [-0.05, 0) is 26.2 Å². The number of likely N-dealkylation sites (tertiary alicyclic amines) is 1. The molecule has 10 nitrogen and oxygen atoms in total. The van der Waals surface area contributed by atoms with Crippen molar-refractivity contribution in [2.24, 2.45) is 17.8 Å². The van der Waals surface area contributed by atoms with Gasteiger partial charge in [0.1, 0.15) is 17.6 Å². The molecule has 2 N–H and O–H groups in total. The summed E-state index contributed by atoms with van der Waals surface area (Å²) in [5.74, 6) is -3.94. The van der Waals surface area contributed by atoms with Gasteiger partial charge in [-0.3, -0.25) is 19.3 Å². The van der Waals surface area contributed by atoms with Gasteiger partial charge in [0, 0.05) is 32.7 Å². The lowest BCUT2D eigenvalue weighted by Crippen LogP contribution is -2.59. The first-order valence-corrected chi connectivity index (χ1v) is 12.2. The van der Waals surface area contributed by atoms with Crippen LogP contribution in [0, 0.1) is 17.8 Å². The van der Waals surface area contributed by atoms with E-state index in [9.17, 15) is 24.6 Å². The Labute approximate surface area is 200 Å². The highest BCUT2D eigenvalue weighted by atomic mass is 16.5. The number of aliphatic hydroxyl groups excluding tert-OH is 1. The largest absolute Gasteiger partial charge is 0.481 e. The monoisotopic (exact) mass is 479 g/mol. The first-order valence-electron chi connectivity index (χ1n) is 12.2. The van der Waals surface area contributed by atoms with Crippen molar-refractivity contribution >= 4 is 17.8 Å². The van der Waals surface area contributed by atoms with Crippen LogP contribution in [0.5, 0.6) is 0 Å². The summed E-state index contributed by atoms with van der Waals surface area (Å²) in [5.41, 5.74) is -2.26. The third kappa shape index (κ3) is 3.66. The van der Waals surface area contributed by atoms with E-state index in [1.165, 1.54) is 4.90 Å². The lowest BCUT2D eigenvalue weighted by Gasteiger charge is -2.39. The number of carboxylic acid groups (broad SMARTS) is 1. The molecule has 4 saturated heterocycles. The normalized spacial score (nSPS) is 38.1. The first-order chi connectivity index (χ1) is 16.1. The molecule has 0 aromatic heterocycles. The molecule has 1 spiro atoms. The van der Waals surface area contributed by atoms with E-state index in [1.807, 2.05) is 6.92 Å². The smallest absolute Gasteiger partial charge is 0.310 e. The van der Waals surface area contributed by atoms with E-state index in [1.54, 1.807) is 24.8 Å². The Morgan fingerprint density at radius 3 is 2.62 bits per heavy atom. The Bertz CT molecular complexity index is 846. The number of carbonyl (C=O) groups excluding carboxylic acids is 2. The van der Waals surface area contributed by atoms with Crippen LogP contribution in [0.3, 0.4) is 0 Å². The van der Waals surface area contributed by atoms with Crippen LogP contribution < -0.4 is 0 Å². The minimum atomic E-state index is -1.23. The molecule has 4 fully saturated rings. The highest BCUT2D eigenvalue weighted by Crippen LogP contribution is 2.65. The molecule has 4 aliphatic rings. The quantitative estimate of drug-likeness (QED) is 0.437. The fourth-order valence-electron chi connectivity index (χ4n) is 6.60. The predicted octanol–water partition coefficient (Wildman–Crippen LogP) is -0.191. The molecule has 0 aromatic carbocycles. The van der Waals surface area contributed by atoms with Gasteiger partial charge in [0.2, 0.25) is 11.8 Å². The summed E-state index contributed by atoms with van der Waals surface area (Å²) in [5, 5.41) is 20.0. The minimum Gasteiger partial charge on any atom is -0.481 e. The van der Waals surface area contributed by atoms with Gasteiger partial charge in [-0.1, -0.05) is 13.0 Å². The second-order valence-electron chi connectivity index (χ2n) is 10.3. The number of hydrogen-bond acceptors (Lipinski definition) is 7. The van der Waals surface area contributed by atoms with Crippen molar-refractivity contribution in [2.75, 3.05) is 52.5 Å². The second-order valence-corrected chi connectivity index (χ2v) is 10.3. The van der Waals surface area contributed by atoms with E-state index < -0.39 is 47.0 Å². The summed E-state index contributed by atoms with van der Waals surface area (Å²) < 4.78 is 11.9. The molecule has 0 radical (unpaired) electrons. The van der Waals surface area contributed by atoms with Crippen molar-refractivity contribution in [1.29, 1.82) is 0 Å². The van der Waals surface area contributed by atoms with E-state index in [0.717, 1.165) is 13.1 Å². The zero-order valence-corrected chi connectivity index (χ0v) is 20.3. The molecule has 4 heterocycles. The molecule has 10 heteroatoms. The van der Waals surface area contributed by atoms with Gasteiger partial charge in [0.15, 0.2) is 0 Å². The summed E-state index contributed by atoms with van der Waals surface area (Å²) in [4.78, 5) is 45.5. The van der Waals surface area contributed by atoms with Crippen LogP contribution in [0.1, 0.15) is 27.2 Å². The Hall–Kier alpha value is -2.01. The number of ether oxygens (including phenoxy) is 2. The van der Waals surface area contributed by atoms with E-state index in [0.29, 0.717) is 39.3 Å². The number of carbonyl (C=O) groups is 3. The standard InChI is InChI=1S/C24H37N3O7/c1-5-6-26(8-7-25-9-11-33-12-10-25)21(30)19-24-13-15(2)23(4,34-24)18(22(31)32)17(24)20(29)27(19)16(3)14-28/h5,15-19,28H,1,6-14H2,2-4H3,(H,31,32)/t15?,16-,17+,18+,19?,23-,24?/m1/s1. The molecule has 0 saturated carbocycles. The molecule has 2 amide bonds. The fourth-order valence-corrected chi connectivity index (χ4v) is 6.60. The van der Waals surface area contributed by atoms with Crippen molar-refractivity contribution in [3.05, 3.63) is 12.7 Å². The molecule has 34 heavy (non-hydrogen) atoms. The minimum absolute atomic E-state index is 0.140. The highest BCUT2D eigenvalue weighted by Gasteiger charge is 2.80. The number of morpholine rings is 1. The number of hydrogen-bond donors (Lipinski definition) is 2. The van der Waals surface area contributed by atoms with E-state index in [2.05, 4.69) is 11.5 Å². The number of rotatable bonds is 9. The average Bonchev–Trinajstić information content (AvgIpc) is 3.33. The lowest BCUT2D eigenvalue weighted by molar-refractivity contribution is -0.159. The Morgan fingerprint density at radius 2 is 2.03 bits per heavy atom. The summed E-state index contributed by atoms with van der Waals surface area (Å²) in [6, 6.07) is -1.64. The number of amides is 2. The van der Waals surface area contributed by atoms with Crippen LogP contribution in [-0.2, 0) is 23.9 Å². The zero-order valence-electron chi connectivity index (χ0n) is 20.3. The average molecular weight is 480 g/mol. The maximum Gasteiger partial charge on any atom is 0.310 e. The van der Waals surface area contributed by atoms with Gasteiger partial charge >= 0.3 is 5.97 Å². The third-order valence-electron chi connectivity index (χ3n) is 8.44. The third-order valence-corrected chi connectivity index (χ3v) is 8.44. The van der Waals surface area contributed by atoms with Crippen molar-refractivity contribution in [3.63, 3.8) is 0 Å². The molecule has 0 aliphatic carbocycles. The van der Waals surface area contributed by atoms with Crippen LogP contribution in [0.4, 0.5) is 0 Å². The number of aliphatic carboxylic acids is 1. The van der Waals surface area contributed by atoms with Crippen LogP contribution in [0.25, 0.3) is 0 Å². The summed E-state index contributed by atoms with van der Waals surface area (Å²) in [6.45, 7) is 13.1. The maximum atomic E-state index is 14.1. The van der Waals surface area contributed by atoms with Gasteiger partial charge in [-0.25, -0.2) is 0 Å². The van der Waals surface area contributed by atoms with Gasteiger partial charge in [0.25, 0.3) is 0 Å². The van der Waals surface area contributed by atoms with Gasteiger partial charge in [-0.2, -0.15) is 0 Å². The van der Waals surface area contributed by atoms with Gasteiger partial charge in [-0.15, -0.1) is 6.58 Å². The summed E-state index contributed by atoms with van der Waals surface area (Å²) in [6.07, 6.45) is 2.07. The van der Waals surface area contributed by atoms with Crippen molar-refractivity contribution in [3.8, 4) is 0 Å². The number of carboxylic acids is 1. The molecule has 2 bridgehead atoms. The molecule has 190 valence electrons. The van der Waals surface area contributed by atoms with E-state index in [4.69, 9.17) is 9.47 Å². The first kappa shape index (κ1) is 25.1. The second kappa shape index (κ2) is 9.22. The van der Waals surface area contributed by atoms with Crippen LogP contribution in [0.15, 0.2) is 12.7 Å². The van der Waals surface area contributed by atoms with Crippen molar-refractivity contribution < 1.29 is 34.1 Å². The zero-order chi connectivity index (χ0) is 24.8. The topological polar surface area (TPSA) is 120 Å². The summed E-state index contributed by atoms with van der Waals surface area (Å²) in [7, 11) is 0. The Morgan fingerprint density at radius 1 is 1.35 bits per heavy atom. The Balaban J connectivity index is 1.69. The highest BCUT2D eigenvalue weighted by molar-refractivity contribution is 5.98. The van der Waals surface area contributed by atoms with E-state index >= 15 is 0 Å². The molecule has 3 unspecified atom stereocenters. The lowest BCUT2D eigenvalue weighted by atomic mass is 9.62. The van der Waals surface area contributed by atoms with E-state index in [-0.39, 0.29) is 18.4 Å². The molecule has 7 atom stereocenters. The SMILES string of the molecule is C=CCN(CCN1CCOCC1)C(=O)C1N([C@H](C)CO)C(=O)[C@@H]2[C@@H](C(=O)O)[C@]3(C)OC12CC3C. The molecule has 4 aliphatic heterocycles. The van der Waals surface area contributed by atoms with Gasteiger partial charge in [0.05, 0.1) is 37.4 Å². The molecular formula is C24H37N3O7. The molecule has 4 rings (SSSR count). The fraction of sp³-hybridized carbons (Fsp3) is 0.792. The number of fused-ring (bicyclic) bond motifs is 1. The van der Waals surface area contributed by atoms with Gasteiger partial charge < -0.3 is 29.5 Å². The number of nitrogens with zero attached hydrogens (tertiary/aromatic N) is 3.